The van der Waals surface area contributed by atoms with Crippen LogP contribution in [0, 0.1) is 16.7 Å². The zero-order valence-electron chi connectivity index (χ0n) is 24.0. The van der Waals surface area contributed by atoms with E-state index in [-0.39, 0.29) is 10.1 Å². The van der Waals surface area contributed by atoms with E-state index in [1.54, 1.807) is 10.7 Å². The van der Waals surface area contributed by atoms with E-state index in [1.165, 1.54) is 18.1 Å². The van der Waals surface area contributed by atoms with Crippen molar-refractivity contribution in [2.75, 3.05) is 12.9 Å². The smallest absolute Gasteiger partial charge is 0.192 e. The molecule has 11 heteroatoms. The average Bonchev–Trinajstić information content (AvgIpc) is 3.30. The van der Waals surface area contributed by atoms with Crippen LogP contribution in [0.15, 0.2) is 17.6 Å². The number of hydrogen-bond donors (Lipinski definition) is 0. The maximum absolute atomic E-state index is 10.6. The van der Waals surface area contributed by atoms with Crippen LogP contribution in [0.1, 0.15) is 60.3 Å². The fourth-order valence-corrected chi connectivity index (χ4v) is 6.76. The third-order valence-electron chi connectivity index (χ3n) is 8.43. The predicted molar refractivity (Wildman–Crippen MR) is 149 cm³/mol. The lowest BCUT2D eigenvalue weighted by atomic mass is 9.80. The molecule has 36 heavy (non-hydrogen) atoms. The topological polar surface area (TPSA) is 94.6 Å². The molecule has 0 aromatic carbocycles. The Labute approximate surface area is 222 Å². The van der Waals surface area contributed by atoms with Gasteiger partial charge in [0.2, 0.25) is 0 Å². The quantitative estimate of drug-likeness (QED) is 0.296. The Balaban J connectivity index is 2.08. The maximum atomic E-state index is 10.6. The number of nitrogens with zero attached hydrogens (tertiary/aromatic N) is 5. The lowest BCUT2D eigenvalue weighted by molar-refractivity contribution is -0.0186. The van der Waals surface area contributed by atoms with Crippen LogP contribution >= 0.6 is 11.8 Å². The van der Waals surface area contributed by atoms with Gasteiger partial charge in [0, 0.05) is 0 Å². The molecular weight excluding hydrogens is 507 g/mol. The summed E-state index contributed by atoms with van der Waals surface area (Å²) in [4.78, 5) is 8.92. The highest BCUT2D eigenvalue weighted by molar-refractivity contribution is 7.98. The van der Waals surface area contributed by atoms with E-state index >= 15 is 0 Å². The van der Waals surface area contributed by atoms with Gasteiger partial charge in [-0.15, -0.1) is 11.8 Å². The van der Waals surface area contributed by atoms with Gasteiger partial charge in [-0.25, -0.2) is 14.5 Å². The molecule has 1 saturated heterocycles. The molecule has 0 unspecified atom stereocenters. The van der Waals surface area contributed by atoms with Crippen molar-refractivity contribution in [1.29, 1.82) is 5.26 Å². The lowest BCUT2D eigenvalue weighted by Crippen LogP contribution is -2.52. The van der Waals surface area contributed by atoms with Gasteiger partial charge in [0.25, 0.3) is 0 Å². The van der Waals surface area contributed by atoms with Crippen molar-refractivity contribution in [2.24, 2.45) is 5.41 Å². The first-order valence-electron chi connectivity index (χ1n) is 12.5. The minimum absolute atomic E-state index is 0.0178. The zero-order chi connectivity index (χ0) is 27.3. The highest BCUT2D eigenvalue weighted by Crippen LogP contribution is 2.52. The van der Waals surface area contributed by atoms with Crippen molar-refractivity contribution in [3.05, 3.63) is 18.2 Å². The molecule has 2 aromatic rings. The highest BCUT2D eigenvalue weighted by Gasteiger charge is 2.59. The minimum atomic E-state index is -2.24. The Kier molecular flexibility index (Phi) is 7.95. The SMILES string of the molecule is CSc1ncnn2c([C@@H]3O[C@H](CO[Si](C)(C)C(C)(C)C)[C@@H](O[Si](C)(C)C(C)(C)C)[C@@]3(C)C#N)cnc12. The normalized spacial score (nSPS) is 25.9. The molecule has 1 aliphatic rings. The lowest BCUT2D eigenvalue weighted by Gasteiger charge is -2.42. The molecule has 3 rings (SSSR count). The highest BCUT2D eigenvalue weighted by atomic mass is 32.2. The van der Waals surface area contributed by atoms with Crippen LogP contribution in [0.3, 0.4) is 0 Å². The first kappa shape index (κ1) is 29.3. The van der Waals surface area contributed by atoms with Gasteiger partial charge in [-0.05, 0) is 49.4 Å². The van der Waals surface area contributed by atoms with E-state index in [2.05, 4.69) is 88.9 Å². The molecule has 1 aliphatic heterocycles. The zero-order valence-corrected chi connectivity index (χ0v) is 26.8. The van der Waals surface area contributed by atoms with Crippen LogP contribution in [0.5, 0.6) is 0 Å². The largest absolute Gasteiger partial charge is 0.414 e. The number of rotatable bonds is 7. The molecule has 0 N–H and O–H groups in total. The van der Waals surface area contributed by atoms with E-state index in [9.17, 15) is 5.26 Å². The summed E-state index contributed by atoms with van der Waals surface area (Å²) in [5, 5.41) is 15.9. The number of imidazole rings is 1. The molecule has 0 aliphatic carbocycles. The molecule has 8 nitrogen and oxygen atoms in total. The van der Waals surface area contributed by atoms with Gasteiger partial charge in [-0.1, -0.05) is 41.5 Å². The van der Waals surface area contributed by atoms with Crippen molar-refractivity contribution in [3.8, 4) is 6.07 Å². The second-order valence-corrected chi connectivity index (χ2v) is 23.4. The monoisotopic (exact) mass is 549 g/mol. The van der Waals surface area contributed by atoms with Crippen LogP contribution in [0.4, 0.5) is 0 Å². The summed E-state index contributed by atoms with van der Waals surface area (Å²) in [6, 6.07) is 2.59. The van der Waals surface area contributed by atoms with E-state index in [1.807, 2.05) is 13.2 Å². The first-order chi connectivity index (χ1) is 16.4. The number of thioether (sulfide) groups is 1. The molecule has 3 heterocycles. The summed E-state index contributed by atoms with van der Waals surface area (Å²) in [5.74, 6) is 0. The molecular formula is C25H43N5O3SSi2. The van der Waals surface area contributed by atoms with Crippen molar-refractivity contribution in [3.63, 3.8) is 0 Å². The summed E-state index contributed by atoms with van der Waals surface area (Å²) >= 11 is 1.51. The Morgan fingerprint density at radius 2 is 1.72 bits per heavy atom. The van der Waals surface area contributed by atoms with Gasteiger partial charge in [-0.3, -0.25) is 0 Å². The Bertz CT molecular complexity index is 1140. The summed E-state index contributed by atoms with van der Waals surface area (Å²) in [7, 11) is -4.28. The van der Waals surface area contributed by atoms with E-state index in [4.69, 9.17) is 13.6 Å². The van der Waals surface area contributed by atoms with Crippen LogP contribution in [-0.4, -0.2) is 61.3 Å². The van der Waals surface area contributed by atoms with Crippen LogP contribution < -0.4 is 0 Å². The fraction of sp³-hybridized carbons (Fsp3) is 0.760. The number of nitriles is 1. The van der Waals surface area contributed by atoms with Gasteiger partial charge in [0.15, 0.2) is 22.3 Å². The second-order valence-electron chi connectivity index (χ2n) is 13.0. The standard InChI is InChI=1S/C25H43N5O3SSi2/c1-23(2,3)35(9,10)31-14-18-20(33-36(11,12)24(4,5)6)25(7,15-26)19(32-18)17-13-27-21-22(34-8)28-16-29-30(17)21/h13,16,18-20H,14H2,1-12H3/t18-,19+,20-,25+/m1/s1. The van der Waals surface area contributed by atoms with Gasteiger partial charge in [-0.2, -0.15) is 10.4 Å². The number of aromatic nitrogens is 4. The molecule has 0 saturated carbocycles. The fourth-order valence-electron chi connectivity index (χ4n) is 3.88. The third kappa shape index (κ3) is 5.17. The minimum Gasteiger partial charge on any atom is -0.414 e. The van der Waals surface area contributed by atoms with Crippen LogP contribution in [0.2, 0.25) is 36.3 Å². The number of fused-ring (bicyclic) bond motifs is 1. The Morgan fingerprint density at radius 1 is 1.11 bits per heavy atom. The summed E-state index contributed by atoms with van der Waals surface area (Å²) in [5.41, 5.74) is 0.425. The van der Waals surface area contributed by atoms with Gasteiger partial charge < -0.3 is 13.6 Å². The molecule has 200 valence electrons. The predicted octanol–water partition coefficient (Wildman–Crippen LogP) is 6.23. The van der Waals surface area contributed by atoms with Crippen LogP contribution in [-0.2, 0) is 13.6 Å². The maximum Gasteiger partial charge on any atom is 0.192 e. The summed E-state index contributed by atoms with van der Waals surface area (Å²) in [6.07, 6.45) is 3.81. The van der Waals surface area contributed by atoms with E-state index < -0.39 is 40.4 Å². The Hall–Kier alpha value is -1.30. The third-order valence-corrected chi connectivity index (χ3v) is 18.1. The molecule has 0 spiro atoms. The molecule has 4 atom stereocenters. The van der Waals surface area contributed by atoms with Gasteiger partial charge >= 0.3 is 0 Å². The van der Waals surface area contributed by atoms with Crippen molar-refractivity contribution < 1.29 is 13.6 Å². The molecule has 0 amide bonds. The summed E-state index contributed by atoms with van der Waals surface area (Å²) in [6.45, 7) is 24.5. The molecule has 1 fully saturated rings. The van der Waals surface area contributed by atoms with Gasteiger partial charge in [0.1, 0.15) is 29.0 Å². The van der Waals surface area contributed by atoms with E-state index in [0.717, 1.165) is 10.7 Å². The summed E-state index contributed by atoms with van der Waals surface area (Å²) < 4.78 is 22.1. The van der Waals surface area contributed by atoms with E-state index in [0.29, 0.717) is 12.3 Å². The first-order valence-corrected chi connectivity index (χ1v) is 19.5. The van der Waals surface area contributed by atoms with Crippen molar-refractivity contribution in [2.45, 2.75) is 108 Å². The number of ether oxygens (including phenoxy) is 1. The second kappa shape index (κ2) is 9.78. The van der Waals surface area contributed by atoms with Crippen LogP contribution in [0.25, 0.3) is 5.65 Å². The average molecular weight is 550 g/mol. The van der Waals surface area contributed by atoms with Crippen molar-refractivity contribution >= 4 is 34.0 Å². The van der Waals surface area contributed by atoms with Gasteiger partial charge in [0.05, 0.1) is 30.7 Å². The Morgan fingerprint density at radius 3 is 2.25 bits per heavy atom. The molecule has 0 bridgehead atoms. The number of hydrogen-bond acceptors (Lipinski definition) is 8. The molecule has 2 aromatic heterocycles. The van der Waals surface area contributed by atoms with Crippen molar-refractivity contribution in [1.82, 2.24) is 19.6 Å². The molecule has 0 radical (unpaired) electrons.